The highest BCUT2D eigenvalue weighted by atomic mass is 16.5. The zero-order valence-electron chi connectivity index (χ0n) is 16.8. The third-order valence-corrected chi connectivity index (χ3v) is 4.13. The second-order valence-corrected chi connectivity index (χ2v) is 6.62. The van der Waals surface area contributed by atoms with Crippen LogP contribution in [0.15, 0.2) is 18.2 Å². The van der Waals surface area contributed by atoms with Crippen LogP contribution in [0.5, 0.6) is 11.5 Å². The van der Waals surface area contributed by atoms with E-state index >= 15 is 0 Å². The van der Waals surface area contributed by atoms with Gasteiger partial charge in [0.2, 0.25) is 5.91 Å². The molecule has 1 aromatic carbocycles. The third-order valence-electron chi connectivity index (χ3n) is 4.13. The van der Waals surface area contributed by atoms with Crippen molar-refractivity contribution in [3.05, 3.63) is 23.8 Å². The molecular formula is C20H32N2O4. The topological polar surface area (TPSA) is 67.9 Å². The minimum Gasteiger partial charge on any atom is -0.497 e. The van der Waals surface area contributed by atoms with Gasteiger partial charge in [-0.1, -0.05) is 27.7 Å². The number of ether oxygens (including phenoxy) is 2. The lowest BCUT2D eigenvalue weighted by atomic mass is 10.0. The summed E-state index contributed by atoms with van der Waals surface area (Å²) in [7, 11) is 3.06. The van der Waals surface area contributed by atoms with Crippen LogP contribution in [0, 0.1) is 5.92 Å². The Kier molecular flexibility index (Phi) is 8.96. The number of hydrogen-bond acceptors (Lipinski definition) is 4. The predicted octanol–water partition coefficient (Wildman–Crippen LogP) is 3.11. The molecule has 0 fully saturated rings. The van der Waals surface area contributed by atoms with Crippen molar-refractivity contribution in [2.75, 3.05) is 27.3 Å². The Morgan fingerprint density at radius 3 is 1.88 bits per heavy atom. The largest absolute Gasteiger partial charge is 0.497 e. The van der Waals surface area contributed by atoms with Crippen molar-refractivity contribution >= 4 is 11.8 Å². The first-order valence-corrected chi connectivity index (χ1v) is 9.20. The lowest BCUT2D eigenvalue weighted by Gasteiger charge is -2.29. The minimum atomic E-state index is -0.571. The maximum absolute atomic E-state index is 12.9. The number of carbonyl (C=O) groups is 2. The summed E-state index contributed by atoms with van der Waals surface area (Å²) in [5.74, 6) is 0.685. The molecule has 6 nitrogen and oxygen atoms in total. The number of carbonyl (C=O) groups excluding carboxylic acids is 2. The molecule has 0 saturated carbocycles. The van der Waals surface area contributed by atoms with Gasteiger partial charge in [-0.25, -0.2) is 0 Å². The van der Waals surface area contributed by atoms with E-state index in [0.29, 0.717) is 30.2 Å². The van der Waals surface area contributed by atoms with Gasteiger partial charge in [-0.05, 0) is 30.9 Å². The summed E-state index contributed by atoms with van der Waals surface area (Å²) in [4.78, 5) is 27.5. The number of amides is 2. The van der Waals surface area contributed by atoms with Gasteiger partial charge in [0.25, 0.3) is 5.91 Å². The fourth-order valence-electron chi connectivity index (χ4n) is 2.75. The van der Waals surface area contributed by atoms with Gasteiger partial charge in [0.05, 0.1) is 14.2 Å². The molecule has 1 N–H and O–H groups in total. The van der Waals surface area contributed by atoms with Crippen LogP contribution in [0.25, 0.3) is 0 Å². The van der Waals surface area contributed by atoms with Crippen LogP contribution in [0.3, 0.4) is 0 Å². The average Bonchev–Trinajstić information content (AvgIpc) is 2.64. The third kappa shape index (κ3) is 5.93. The summed E-state index contributed by atoms with van der Waals surface area (Å²) in [6.07, 6.45) is 1.77. The Hall–Kier alpha value is -2.24. The highest BCUT2D eigenvalue weighted by molar-refractivity contribution is 5.98. The summed E-state index contributed by atoms with van der Waals surface area (Å²) in [5.41, 5.74) is 0.400. The molecule has 0 saturated heterocycles. The predicted molar refractivity (Wildman–Crippen MR) is 103 cm³/mol. The molecule has 146 valence electrons. The molecule has 26 heavy (non-hydrogen) atoms. The number of nitrogens with one attached hydrogen (secondary N) is 1. The summed E-state index contributed by atoms with van der Waals surface area (Å²) in [6, 6.07) is 4.40. The van der Waals surface area contributed by atoms with Crippen LogP contribution < -0.4 is 14.8 Å². The van der Waals surface area contributed by atoms with Gasteiger partial charge in [0.15, 0.2) is 0 Å². The average molecular weight is 364 g/mol. The molecule has 0 aliphatic rings. The molecule has 1 aromatic rings. The lowest BCUT2D eigenvalue weighted by Crippen LogP contribution is -2.51. The maximum atomic E-state index is 12.9. The number of nitrogens with zero attached hydrogens (tertiary/aromatic N) is 1. The number of benzene rings is 1. The Morgan fingerprint density at radius 1 is 1.00 bits per heavy atom. The molecule has 0 aliphatic heterocycles. The van der Waals surface area contributed by atoms with Crippen molar-refractivity contribution in [2.24, 2.45) is 5.92 Å². The van der Waals surface area contributed by atoms with E-state index in [1.807, 2.05) is 32.6 Å². The van der Waals surface area contributed by atoms with Crippen molar-refractivity contribution in [3.8, 4) is 11.5 Å². The summed E-state index contributed by atoms with van der Waals surface area (Å²) < 4.78 is 10.4. The first-order chi connectivity index (χ1) is 12.4. The molecule has 1 unspecified atom stereocenters. The SMILES string of the molecule is CCCN(CCC)C(=O)C(NC(=O)c1cc(OC)cc(OC)c1)C(C)C. The van der Waals surface area contributed by atoms with Gasteiger partial charge in [-0.2, -0.15) is 0 Å². The number of methoxy groups -OCH3 is 2. The smallest absolute Gasteiger partial charge is 0.252 e. The van der Waals surface area contributed by atoms with E-state index in [1.54, 1.807) is 18.2 Å². The van der Waals surface area contributed by atoms with Crippen LogP contribution in [0.2, 0.25) is 0 Å². The standard InChI is InChI=1S/C20H32N2O4/c1-7-9-22(10-8-2)20(24)18(14(3)4)21-19(23)15-11-16(25-5)13-17(12-15)26-6/h11-14,18H,7-10H2,1-6H3,(H,21,23). The van der Waals surface area contributed by atoms with E-state index in [2.05, 4.69) is 5.32 Å². The molecular weight excluding hydrogens is 332 g/mol. The molecule has 6 heteroatoms. The maximum Gasteiger partial charge on any atom is 0.252 e. The van der Waals surface area contributed by atoms with Crippen molar-refractivity contribution in [3.63, 3.8) is 0 Å². The van der Waals surface area contributed by atoms with Crippen LogP contribution in [0.1, 0.15) is 50.9 Å². The molecule has 0 spiro atoms. The van der Waals surface area contributed by atoms with E-state index in [1.165, 1.54) is 14.2 Å². The quantitative estimate of drug-likeness (QED) is 0.693. The summed E-state index contributed by atoms with van der Waals surface area (Å²) in [6.45, 7) is 9.34. The van der Waals surface area contributed by atoms with Gasteiger partial charge >= 0.3 is 0 Å². The van der Waals surface area contributed by atoms with Crippen LogP contribution in [-0.2, 0) is 4.79 Å². The van der Waals surface area contributed by atoms with Crippen molar-refractivity contribution in [1.29, 1.82) is 0 Å². The first-order valence-electron chi connectivity index (χ1n) is 9.20. The minimum absolute atomic E-state index is 0.0184. The Balaban J connectivity index is 3.02. The number of rotatable bonds is 10. The molecule has 0 heterocycles. The molecule has 1 atom stereocenters. The van der Waals surface area contributed by atoms with E-state index in [0.717, 1.165) is 12.8 Å². The summed E-state index contributed by atoms with van der Waals surface area (Å²) in [5, 5.41) is 2.89. The molecule has 0 radical (unpaired) electrons. The van der Waals surface area contributed by atoms with Gasteiger partial charge in [0.1, 0.15) is 17.5 Å². The Bertz CT molecular complexity index is 573. The molecule has 0 aromatic heterocycles. The zero-order valence-corrected chi connectivity index (χ0v) is 16.8. The fraction of sp³-hybridized carbons (Fsp3) is 0.600. The highest BCUT2D eigenvalue weighted by Gasteiger charge is 2.28. The highest BCUT2D eigenvalue weighted by Crippen LogP contribution is 2.22. The molecule has 2 amide bonds. The van der Waals surface area contributed by atoms with E-state index < -0.39 is 6.04 Å². The van der Waals surface area contributed by atoms with Crippen LogP contribution in [-0.4, -0.2) is 50.1 Å². The number of hydrogen-bond donors (Lipinski definition) is 1. The monoisotopic (exact) mass is 364 g/mol. The normalized spacial score (nSPS) is 11.8. The van der Waals surface area contributed by atoms with Gasteiger partial charge < -0.3 is 19.7 Å². The Labute approximate surface area is 156 Å². The van der Waals surface area contributed by atoms with Gasteiger partial charge in [-0.3, -0.25) is 9.59 Å². The Morgan fingerprint density at radius 2 is 1.50 bits per heavy atom. The molecule has 0 aliphatic carbocycles. The fourth-order valence-corrected chi connectivity index (χ4v) is 2.75. The zero-order chi connectivity index (χ0) is 19.7. The van der Waals surface area contributed by atoms with Crippen molar-refractivity contribution in [1.82, 2.24) is 10.2 Å². The van der Waals surface area contributed by atoms with E-state index in [-0.39, 0.29) is 17.7 Å². The summed E-state index contributed by atoms with van der Waals surface area (Å²) >= 11 is 0. The first kappa shape index (κ1) is 21.8. The van der Waals surface area contributed by atoms with Crippen molar-refractivity contribution in [2.45, 2.75) is 46.6 Å². The molecule has 0 bridgehead atoms. The van der Waals surface area contributed by atoms with E-state index in [4.69, 9.17) is 9.47 Å². The second-order valence-electron chi connectivity index (χ2n) is 6.62. The van der Waals surface area contributed by atoms with Crippen LogP contribution in [0.4, 0.5) is 0 Å². The van der Waals surface area contributed by atoms with Crippen LogP contribution >= 0.6 is 0 Å². The van der Waals surface area contributed by atoms with Crippen molar-refractivity contribution < 1.29 is 19.1 Å². The van der Waals surface area contributed by atoms with Gasteiger partial charge in [0, 0.05) is 24.7 Å². The van der Waals surface area contributed by atoms with E-state index in [9.17, 15) is 9.59 Å². The lowest BCUT2D eigenvalue weighted by molar-refractivity contribution is -0.134. The molecule has 1 rings (SSSR count). The van der Waals surface area contributed by atoms with Gasteiger partial charge in [-0.15, -0.1) is 0 Å². The second kappa shape index (κ2) is 10.7.